The van der Waals surface area contributed by atoms with Crippen molar-refractivity contribution in [3.05, 3.63) is 108 Å². The molecule has 0 saturated heterocycles. The number of pyridine rings is 1. The lowest BCUT2D eigenvalue weighted by Gasteiger charge is -2.00. The number of nitrogens with zero attached hydrogens (tertiary/aromatic N) is 4. The highest BCUT2D eigenvalue weighted by Gasteiger charge is 2.11. The first kappa shape index (κ1) is 18.1. The van der Waals surface area contributed by atoms with Gasteiger partial charge in [0.1, 0.15) is 5.69 Å². The predicted molar refractivity (Wildman–Crippen MR) is 111 cm³/mol. The number of carbonyl (C=O) groups excluding carboxylic acids is 1. The fourth-order valence-corrected chi connectivity index (χ4v) is 2.95. The van der Waals surface area contributed by atoms with Gasteiger partial charge in [-0.2, -0.15) is 10.4 Å². The van der Waals surface area contributed by atoms with Gasteiger partial charge in [-0.1, -0.05) is 30.3 Å². The van der Waals surface area contributed by atoms with E-state index >= 15 is 0 Å². The van der Waals surface area contributed by atoms with Gasteiger partial charge in [0, 0.05) is 35.3 Å². The van der Waals surface area contributed by atoms with Gasteiger partial charge < -0.3 is 0 Å². The third kappa shape index (κ3) is 4.02. The average molecular weight is 376 g/mol. The molecule has 0 saturated carbocycles. The van der Waals surface area contributed by atoms with E-state index in [1.54, 1.807) is 47.4 Å². The van der Waals surface area contributed by atoms with Crippen molar-refractivity contribution in [2.45, 2.75) is 0 Å². The zero-order valence-corrected chi connectivity index (χ0v) is 15.4. The molecule has 0 aliphatic carbocycles. The van der Waals surface area contributed by atoms with E-state index in [0.717, 1.165) is 22.5 Å². The Labute approximate surface area is 168 Å². The van der Waals surface area contributed by atoms with Crippen LogP contribution in [-0.2, 0) is 0 Å². The Balaban J connectivity index is 1.72. The molecule has 4 aromatic rings. The molecule has 0 spiro atoms. The lowest BCUT2D eigenvalue weighted by Crippen LogP contribution is -1.94. The lowest BCUT2D eigenvalue weighted by atomic mass is 10.1. The van der Waals surface area contributed by atoms with Gasteiger partial charge in [-0.25, -0.2) is 4.68 Å². The minimum atomic E-state index is -0.174. The van der Waals surface area contributed by atoms with Gasteiger partial charge in [-0.15, -0.1) is 0 Å². The Morgan fingerprint density at radius 2 is 1.90 bits per heavy atom. The highest BCUT2D eigenvalue weighted by atomic mass is 16.1. The van der Waals surface area contributed by atoms with Crippen molar-refractivity contribution in [2.24, 2.45) is 0 Å². The molecule has 0 bridgehead atoms. The Kier molecular flexibility index (Phi) is 5.08. The van der Waals surface area contributed by atoms with Crippen LogP contribution in [0, 0.1) is 11.3 Å². The summed E-state index contributed by atoms with van der Waals surface area (Å²) in [6.45, 7) is 0. The summed E-state index contributed by atoms with van der Waals surface area (Å²) in [7, 11) is 0. The summed E-state index contributed by atoms with van der Waals surface area (Å²) in [5.74, 6) is -0.174. The van der Waals surface area contributed by atoms with E-state index in [1.807, 2.05) is 48.7 Å². The molecule has 0 aliphatic heterocycles. The molecule has 0 radical (unpaired) electrons. The number of carbonyl (C=O) groups is 1. The lowest BCUT2D eigenvalue weighted by molar-refractivity contribution is 0.104. The maximum Gasteiger partial charge on any atom is 0.185 e. The van der Waals surface area contributed by atoms with Crippen LogP contribution in [0.15, 0.2) is 91.4 Å². The predicted octanol–water partition coefficient (Wildman–Crippen LogP) is 4.70. The molecular weight excluding hydrogens is 360 g/mol. The summed E-state index contributed by atoms with van der Waals surface area (Å²) in [6, 6.07) is 22.3. The molecule has 0 fully saturated rings. The summed E-state index contributed by atoms with van der Waals surface area (Å²) in [4.78, 5) is 16.8. The Morgan fingerprint density at radius 1 is 1.03 bits per heavy atom. The van der Waals surface area contributed by atoms with Crippen LogP contribution in [0.2, 0.25) is 0 Å². The van der Waals surface area contributed by atoms with Crippen LogP contribution in [0.3, 0.4) is 0 Å². The zero-order chi connectivity index (χ0) is 20.1. The van der Waals surface area contributed by atoms with Gasteiger partial charge in [0.05, 0.1) is 17.3 Å². The van der Waals surface area contributed by atoms with Crippen molar-refractivity contribution in [1.29, 1.82) is 5.26 Å². The molecular formula is C24H16N4O. The van der Waals surface area contributed by atoms with Crippen molar-refractivity contribution < 1.29 is 4.79 Å². The molecule has 138 valence electrons. The minimum Gasteiger partial charge on any atom is -0.289 e. The van der Waals surface area contributed by atoms with Crippen LogP contribution >= 0.6 is 0 Å². The molecule has 5 nitrogen and oxygen atoms in total. The number of nitriles is 1. The quantitative estimate of drug-likeness (QED) is 0.374. The maximum atomic E-state index is 12.6. The third-order valence-electron chi connectivity index (χ3n) is 4.39. The molecule has 2 aromatic heterocycles. The van der Waals surface area contributed by atoms with E-state index < -0.39 is 0 Å². The SMILES string of the molecule is N#Cc1cccc(C(=O)/C=C/c2cn(-c3ccccc3)nc2-c2cccnc2)c1. The molecule has 0 unspecified atom stereocenters. The van der Waals surface area contributed by atoms with Crippen molar-refractivity contribution in [3.8, 4) is 23.0 Å². The topological polar surface area (TPSA) is 71.6 Å². The standard InChI is InChI=1S/C24H16N4O/c25-15-18-6-4-7-19(14-18)23(29)12-11-21-17-28(22-9-2-1-3-10-22)27-24(21)20-8-5-13-26-16-20/h1-14,16-17H/b12-11+. The second kappa shape index (κ2) is 8.15. The number of allylic oxidation sites excluding steroid dienone is 1. The van der Waals surface area contributed by atoms with Gasteiger partial charge in [0.25, 0.3) is 0 Å². The summed E-state index contributed by atoms with van der Waals surface area (Å²) in [6.07, 6.45) is 8.58. The van der Waals surface area contributed by atoms with Crippen molar-refractivity contribution in [1.82, 2.24) is 14.8 Å². The molecule has 2 heterocycles. The highest BCUT2D eigenvalue weighted by Crippen LogP contribution is 2.24. The minimum absolute atomic E-state index is 0.174. The van der Waals surface area contributed by atoms with Gasteiger partial charge in [0.15, 0.2) is 5.78 Å². The second-order valence-electron chi connectivity index (χ2n) is 6.35. The Bertz CT molecular complexity index is 1220. The maximum absolute atomic E-state index is 12.6. The molecule has 0 atom stereocenters. The van der Waals surface area contributed by atoms with Crippen molar-refractivity contribution in [3.63, 3.8) is 0 Å². The van der Waals surface area contributed by atoms with Crippen LogP contribution in [0.25, 0.3) is 23.0 Å². The van der Waals surface area contributed by atoms with E-state index in [1.165, 1.54) is 6.08 Å². The normalized spacial score (nSPS) is 10.7. The van der Waals surface area contributed by atoms with E-state index in [4.69, 9.17) is 10.4 Å². The number of hydrogen-bond acceptors (Lipinski definition) is 4. The Hall–Kier alpha value is -4.30. The summed E-state index contributed by atoms with van der Waals surface area (Å²) in [5, 5.41) is 13.7. The first-order chi connectivity index (χ1) is 14.2. The highest BCUT2D eigenvalue weighted by molar-refractivity contribution is 6.07. The van der Waals surface area contributed by atoms with E-state index in [2.05, 4.69) is 11.1 Å². The molecule has 5 heteroatoms. The molecule has 0 amide bonds. The van der Waals surface area contributed by atoms with E-state index in [0.29, 0.717) is 11.1 Å². The monoisotopic (exact) mass is 376 g/mol. The van der Waals surface area contributed by atoms with Crippen molar-refractivity contribution in [2.75, 3.05) is 0 Å². The molecule has 2 aromatic carbocycles. The van der Waals surface area contributed by atoms with Gasteiger partial charge in [-0.05, 0) is 48.6 Å². The number of ketones is 1. The van der Waals surface area contributed by atoms with Gasteiger partial charge in [0.2, 0.25) is 0 Å². The number of rotatable bonds is 5. The molecule has 4 rings (SSSR count). The summed E-state index contributed by atoms with van der Waals surface area (Å²) < 4.78 is 1.78. The smallest absolute Gasteiger partial charge is 0.185 e. The fraction of sp³-hybridized carbons (Fsp3) is 0. The molecule has 0 N–H and O–H groups in total. The Morgan fingerprint density at radius 3 is 2.66 bits per heavy atom. The van der Waals surface area contributed by atoms with Crippen LogP contribution < -0.4 is 0 Å². The van der Waals surface area contributed by atoms with Crippen LogP contribution in [0.1, 0.15) is 21.5 Å². The van der Waals surface area contributed by atoms with Crippen LogP contribution in [0.4, 0.5) is 0 Å². The average Bonchev–Trinajstić information content (AvgIpc) is 3.23. The largest absolute Gasteiger partial charge is 0.289 e. The van der Waals surface area contributed by atoms with Crippen molar-refractivity contribution >= 4 is 11.9 Å². The number of hydrogen-bond donors (Lipinski definition) is 0. The molecule has 29 heavy (non-hydrogen) atoms. The van der Waals surface area contributed by atoms with Gasteiger partial charge in [-0.3, -0.25) is 9.78 Å². The van der Waals surface area contributed by atoms with Gasteiger partial charge >= 0.3 is 0 Å². The summed E-state index contributed by atoms with van der Waals surface area (Å²) in [5.41, 5.74) is 4.24. The van der Waals surface area contributed by atoms with Crippen LogP contribution in [0.5, 0.6) is 0 Å². The number of para-hydroxylation sites is 1. The fourth-order valence-electron chi connectivity index (χ4n) is 2.95. The van der Waals surface area contributed by atoms with E-state index in [9.17, 15) is 4.79 Å². The van der Waals surface area contributed by atoms with Crippen LogP contribution in [-0.4, -0.2) is 20.5 Å². The zero-order valence-electron chi connectivity index (χ0n) is 15.4. The molecule has 0 aliphatic rings. The first-order valence-corrected chi connectivity index (χ1v) is 9.02. The third-order valence-corrected chi connectivity index (χ3v) is 4.39. The van der Waals surface area contributed by atoms with E-state index in [-0.39, 0.29) is 5.78 Å². The number of aromatic nitrogens is 3. The first-order valence-electron chi connectivity index (χ1n) is 9.02. The summed E-state index contributed by atoms with van der Waals surface area (Å²) >= 11 is 0. The second-order valence-corrected chi connectivity index (χ2v) is 6.35. The number of benzene rings is 2.